The molecule has 11 heteroatoms. The summed E-state index contributed by atoms with van der Waals surface area (Å²) in [6.07, 6.45) is 13.8. The Morgan fingerprint density at radius 3 is 2.82 bits per heavy atom. The second-order valence-electron chi connectivity index (χ2n) is 10.2. The van der Waals surface area contributed by atoms with Crippen molar-refractivity contribution in [2.75, 3.05) is 0 Å². The maximum atomic E-state index is 12.8. The monoisotopic (exact) mass is 529 g/mol. The van der Waals surface area contributed by atoms with Crippen LogP contribution < -0.4 is 5.32 Å². The van der Waals surface area contributed by atoms with Crippen LogP contribution in [-0.2, 0) is 17.9 Å². The van der Waals surface area contributed by atoms with E-state index in [1.54, 1.807) is 23.3 Å². The van der Waals surface area contributed by atoms with E-state index in [4.69, 9.17) is 16.6 Å². The Bertz CT molecular complexity index is 1730. The Morgan fingerprint density at radius 2 is 2.03 bits per heavy atom. The smallest absolute Gasteiger partial charge is 0.307 e. The topological polar surface area (TPSA) is 119 Å². The first-order valence-electron chi connectivity index (χ1n) is 12.6. The van der Waals surface area contributed by atoms with Crippen LogP contribution in [0.3, 0.4) is 0 Å². The molecule has 1 amide bonds. The fraction of sp³-hybridized carbons (Fsp3) is 0.296. The van der Waals surface area contributed by atoms with Crippen molar-refractivity contribution in [3.05, 3.63) is 88.6 Å². The molecule has 192 valence electrons. The quantitative estimate of drug-likeness (QED) is 0.315. The third kappa shape index (κ3) is 4.20. The molecule has 0 saturated heterocycles. The molecule has 5 aromatic heterocycles. The highest BCUT2D eigenvalue weighted by Crippen LogP contribution is 2.50. The molecule has 2 N–H and O–H groups in total. The van der Waals surface area contributed by atoms with Crippen molar-refractivity contribution in [3.8, 4) is 0 Å². The first-order chi connectivity index (χ1) is 18.4. The standard InChI is InChI=1S/C27H24ClN7O3/c28-18-3-4-33-14-30-23(24(33)6-18)9-29-26(36)17-8-31-35(11-17)13-19-12-34-10-16(15-1-2-15)5-21(25(34)32-19)20-7-22(20)27(37)38/h3-6,8,10-12,14-15,20,22H,1-2,7,9,13H2,(H,29,36)(H,37,38). The van der Waals surface area contributed by atoms with E-state index in [1.807, 2.05) is 27.3 Å². The molecular weight excluding hydrogens is 506 g/mol. The SMILES string of the molecule is O=C(NCc1ncn2ccc(Cl)cc12)c1cnn(Cc2cn3cc(C4CC4)cc(C4CC4C(=O)O)c3n2)c1. The van der Waals surface area contributed by atoms with Crippen LogP contribution in [-0.4, -0.2) is 45.5 Å². The van der Waals surface area contributed by atoms with Crippen molar-refractivity contribution in [2.24, 2.45) is 5.92 Å². The Hall–Kier alpha value is -4.18. The zero-order valence-electron chi connectivity index (χ0n) is 20.3. The first-order valence-corrected chi connectivity index (χ1v) is 13.0. The summed E-state index contributed by atoms with van der Waals surface area (Å²) in [6, 6.07) is 5.75. The van der Waals surface area contributed by atoms with Gasteiger partial charge in [0.25, 0.3) is 5.91 Å². The molecule has 2 aliphatic carbocycles. The third-order valence-corrected chi connectivity index (χ3v) is 7.66. The Labute approximate surface area is 221 Å². The molecule has 5 aromatic rings. The molecular formula is C27H24ClN7O3. The van der Waals surface area contributed by atoms with Gasteiger partial charge in [0.05, 0.1) is 54.0 Å². The summed E-state index contributed by atoms with van der Waals surface area (Å²) in [5.74, 6) is -0.774. The molecule has 0 spiro atoms. The average Bonchev–Trinajstić information content (AvgIpc) is 3.78. The van der Waals surface area contributed by atoms with E-state index in [0.717, 1.165) is 28.1 Å². The minimum Gasteiger partial charge on any atom is -0.481 e. The van der Waals surface area contributed by atoms with Crippen LogP contribution in [0.25, 0.3) is 11.2 Å². The van der Waals surface area contributed by atoms with Crippen LogP contribution in [0.1, 0.15) is 64.0 Å². The van der Waals surface area contributed by atoms with Crippen molar-refractivity contribution >= 4 is 34.6 Å². The number of fused-ring (bicyclic) bond motifs is 2. The number of rotatable bonds is 8. The maximum absolute atomic E-state index is 12.8. The van der Waals surface area contributed by atoms with E-state index in [0.29, 0.717) is 29.5 Å². The number of carboxylic acids is 1. The van der Waals surface area contributed by atoms with Crippen molar-refractivity contribution < 1.29 is 14.7 Å². The van der Waals surface area contributed by atoms with E-state index in [1.165, 1.54) is 24.6 Å². The molecule has 0 aromatic carbocycles. The normalized spacial score (nSPS) is 18.8. The molecule has 2 aliphatic rings. The number of aromatic nitrogens is 6. The van der Waals surface area contributed by atoms with Crippen molar-refractivity contribution in [1.82, 2.24) is 33.9 Å². The van der Waals surface area contributed by atoms with Crippen LogP contribution >= 0.6 is 11.6 Å². The average molecular weight is 530 g/mol. The van der Waals surface area contributed by atoms with Crippen molar-refractivity contribution in [3.63, 3.8) is 0 Å². The van der Waals surface area contributed by atoms with E-state index >= 15 is 0 Å². The molecule has 0 aliphatic heterocycles. The Kier molecular flexibility index (Phi) is 5.26. The molecule has 2 unspecified atom stereocenters. The lowest BCUT2D eigenvalue weighted by Gasteiger charge is -2.07. The lowest BCUT2D eigenvalue weighted by molar-refractivity contribution is -0.138. The summed E-state index contributed by atoms with van der Waals surface area (Å²) >= 11 is 6.10. The summed E-state index contributed by atoms with van der Waals surface area (Å²) in [4.78, 5) is 33.5. The van der Waals surface area contributed by atoms with Gasteiger partial charge < -0.3 is 19.2 Å². The molecule has 2 atom stereocenters. The van der Waals surface area contributed by atoms with Gasteiger partial charge in [0.15, 0.2) is 0 Å². The molecule has 2 saturated carbocycles. The molecule has 2 fully saturated rings. The number of hydrogen-bond acceptors (Lipinski definition) is 5. The zero-order chi connectivity index (χ0) is 26.0. The molecule has 0 bridgehead atoms. The summed E-state index contributed by atoms with van der Waals surface area (Å²) in [5.41, 5.74) is 5.86. The number of hydrogen-bond donors (Lipinski definition) is 2. The lowest BCUT2D eigenvalue weighted by atomic mass is 10.1. The molecule has 5 heterocycles. The highest BCUT2D eigenvalue weighted by molar-refractivity contribution is 6.30. The lowest BCUT2D eigenvalue weighted by Crippen LogP contribution is -2.22. The Balaban J connectivity index is 1.08. The summed E-state index contributed by atoms with van der Waals surface area (Å²) in [7, 11) is 0. The number of amides is 1. The number of imidazole rings is 2. The number of carboxylic acid groups (broad SMARTS) is 1. The van der Waals surface area contributed by atoms with Gasteiger partial charge in [0.2, 0.25) is 0 Å². The molecule has 0 radical (unpaired) electrons. The summed E-state index contributed by atoms with van der Waals surface area (Å²) < 4.78 is 5.56. The van der Waals surface area contributed by atoms with Gasteiger partial charge in [-0.3, -0.25) is 14.3 Å². The van der Waals surface area contributed by atoms with E-state index in [2.05, 4.69) is 27.7 Å². The minimum absolute atomic E-state index is 0.00687. The molecule has 7 rings (SSSR count). The van der Waals surface area contributed by atoms with Gasteiger partial charge in [-0.15, -0.1) is 0 Å². The van der Waals surface area contributed by atoms with E-state index < -0.39 is 5.97 Å². The second-order valence-corrected chi connectivity index (χ2v) is 10.6. The van der Waals surface area contributed by atoms with Crippen molar-refractivity contribution in [1.29, 1.82) is 0 Å². The number of nitrogens with one attached hydrogen (secondary N) is 1. The predicted molar refractivity (Wildman–Crippen MR) is 138 cm³/mol. The van der Waals surface area contributed by atoms with Gasteiger partial charge in [0.1, 0.15) is 5.65 Å². The van der Waals surface area contributed by atoms with Crippen LogP contribution in [0.5, 0.6) is 0 Å². The summed E-state index contributed by atoms with van der Waals surface area (Å²) in [6.45, 7) is 0.655. The number of halogens is 1. The number of nitrogens with zero attached hydrogens (tertiary/aromatic N) is 6. The fourth-order valence-electron chi connectivity index (χ4n) is 5.15. The fourth-order valence-corrected chi connectivity index (χ4v) is 5.31. The van der Waals surface area contributed by atoms with Crippen LogP contribution in [0.2, 0.25) is 5.02 Å². The van der Waals surface area contributed by atoms with Crippen LogP contribution in [0.15, 0.2) is 55.5 Å². The molecule has 10 nitrogen and oxygen atoms in total. The predicted octanol–water partition coefficient (Wildman–Crippen LogP) is 3.88. The van der Waals surface area contributed by atoms with E-state index in [9.17, 15) is 14.7 Å². The maximum Gasteiger partial charge on any atom is 0.307 e. The van der Waals surface area contributed by atoms with Gasteiger partial charge in [-0.25, -0.2) is 9.97 Å². The van der Waals surface area contributed by atoms with Gasteiger partial charge in [0, 0.05) is 35.7 Å². The number of aliphatic carboxylic acids is 1. The second kappa shape index (κ2) is 8.70. The van der Waals surface area contributed by atoms with Gasteiger partial charge in [-0.05, 0) is 48.4 Å². The summed E-state index contributed by atoms with van der Waals surface area (Å²) in [5, 5.41) is 17.3. The highest BCUT2D eigenvalue weighted by atomic mass is 35.5. The number of carbonyl (C=O) groups excluding carboxylic acids is 1. The van der Waals surface area contributed by atoms with Crippen LogP contribution in [0, 0.1) is 5.92 Å². The zero-order valence-corrected chi connectivity index (χ0v) is 21.0. The minimum atomic E-state index is -0.746. The third-order valence-electron chi connectivity index (χ3n) is 7.42. The Morgan fingerprint density at radius 1 is 1.16 bits per heavy atom. The van der Waals surface area contributed by atoms with Crippen molar-refractivity contribution in [2.45, 2.75) is 44.2 Å². The van der Waals surface area contributed by atoms with Gasteiger partial charge in [-0.1, -0.05) is 17.7 Å². The van der Waals surface area contributed by atoms with Gasteiger partial charge >= 0.3 is 5.97 Å². The van der Waals surface area contributed by atoms with E-state index in [-0.39, 0.29) is 24.3 Å². The molecule has 38 heavy (non-hydrogen) atoms. The van der Waals surface area contributed by atoms with Crippen LogP contribution in [0.4, 0.5) is 0 Å². The highest BCUT2D eigenvalue weighted by Gasteiger charge is 2.46. The first kappa shape index (κ1) is 23.0. The van der Waals surface area contributed by atoms with Gasteiger partial charge in [-0.2, -0.15) is 5.10 Å². The largest absolute Gasteiger partial charge is 0.481 e. The number of carbonyl (C=O) groups is 2. The number of pyridine rings is 2.